The molecule has 0 saturated heterocycles. The Morgan fingerprint density at radius 2 is 1.80 bits per heavy atom. The van der Waals surface area contributed by atoms with E-state index in [2.05, 4.69) is 5.73 Å². The summed E-state index contributed by atoms with van der Waals surface area (Å²) >= 11 is 0. The van der Waals surface area contributed by atoms with E-state index < -0.39 is 12.0 Å². The van der Waals surface area contributed by atoms with Gasteiger partial charge in [0.2, 0.25) is 0 Å². The van der Waals surface area contributed by atoms with E-state index in [1.54, 1.807) is 50.4 Å². The maximum atomic E-state index is 12.7. The molecule has 3 rings (SSSR count). The molecule has 6 nitrogen and oxygen atoms in total. The Morgan fingerprint density at radius 1 is 1.12 bits per heavy atom. The van der Waals surface area contributed by atoms with Gasteiger partial charge in [-0.1, -0.05) is 12.1 Å². The predicted molar refractivity (Wildman–Crippen MR) is 92.5 cm³/mol. The molecule has 1 heterocycles. The van der Waals surface area contributed by atoms with Gasteiger partial charge >= 0.3 is 5.97 Å². The summed E-state index contributed by atoms with van der Waals surface area (Å²) < 4.78 is 15.9. The first-order chi connectivity index (χ1) is 12.0. The minimum atomic E-state index is -0.486. The average molecular weight is 340 g/mol. The van der Waals surface area contributed by atoms with Gasteiger partial charge in [-0.15, -0.1) is 0 Å². The minimum absolute atomic E-state index is 0.158. The second-order valence-electron chi connectivity index (χ2n) is 5.69. The fraction of sp³-hybridized carbons (Fsp3) is 0.158. The number of quaternary nitrogens is 1. The van der Waals surface area contributed by atoms with E-state index in [9.17, 15) is 9.59 Å². The lowest BCUT2D eigenvalue weighted by Crippen LogP contribution is -2.64. The van der Waals surface area contributed by atoms with Crippen LogP contribution < -0.4 is 20.6 Å². The van der Waals surface area contributed by atoms with Crippen LogP contribution in [-0.4, -0.2) is 19.1 Å². The van der Waals surface area contributed by atoms with Crippen LogP contribution in [0, 0.1) is 0 Å². The molecule has 3 N–H and O–H groups in total. The van der Waals surface area contributed by atoms with Gasteiger partial charge in [-0.2, -0.15) is 0 Å². The number of fused-ring (bicyclic) bond motifs is 1. The highest BCUT2D eigenvalue weighted by Crippen LogP contribution is 2.24. The molecule has 25 heavy (non-hydrogen) atoms. The molecule has 0 radical (unpaired) electrons. The fourth-order valence-corrected chi connectivity index (χ4v) is 2.36. The van der Waals surface area contributed by atoms with E-state index >= 15 is 0 Å². The second-order valence-corrected chi connectivity index (χ2v) is 5.69. The average Bonchev–Trinajstić information content (AvgIpc) is 2.62. The van der Waals surface area contributed by atoms with Crippen LogP contribution in [0.4, 0.5) is 0 Å². The normalized spacial score (nSPS) is 12.0. The molecular weight excluding hydrogens is 322 g/mol. The number of methoxy groups -OCH3 is 1. The third kappa shape index (κ3) is 3.39. The van der Waals surface area contributed by atoms with Gasteiger partial charge in [-0.05, 0) is 36.8 Å². The van der Waals surface area contributed by atoms with E-state index in [-0.39, 0.29) is 5.43 Å². The van der Waals surface area contributed by atoms with Gasteiger partial charge in [0.25, 0.3) is 0 Å². The van der Waals surface area contributed by atoms with Crippen molar-refractivity contribution in [3.63, 3.8) is 0 Å². The number of carbonyl (C=O) groups excluding carboxylic acids is 1. The van der Waals surface area contributed by atoms with E-state index in [4.69, 9.17) is 13.9 Å². The van der Waals surface area contributed by atoms with Crippen molar-refractivity contribution in [2.24, 2.45) is 0 Å². The number of carbonyl (C=O) groups is 1. The molecule has 0 amide bonds. The van der Waals surface area contributed by atoms with Gasteiger partial charge < -0.3 is 19.6 Å². The van der Waals surface area contributed by atoms with Gasteiger partial charge in [-0.25, -0.2) is 4.79 Å². The molecule has 0 aliphatic carbocycles. The third-order valence-electron chi connectivity index (χ3n) is 3.77. The number of benzene rings is 2. The summed E-state index contributed by atoms with van der Waals surface area (Å²) in [6.07, 6.45) is 1.40. The van der Waals surface area contributed by atoms with Crippen LogP contribution in [0.2, 0.25) is 0 Å². The zero-order valence-corrected chi connectivity index (χ0v) is 13.9. The summed E-state index contributed by atoms with van der Waals surface area (Å²) in [5.41, 5.74) is 4.99. The molecule has 3 aromatic rings. The first-order valence-corrected chi connectivity index (χ1v) is 7.74. The molecule has 0 aliphatic rings. The topological polar surface area (TPSA) is 93.4 Å². The molecule has 6 heteroatoms. The van der Waals surface area contributed by atoms with Crippen molar-refractivity contribution in [3.05, 3.63) is 59.0 Å². The SMILES string of the molecule is COc1ccc(-c2coc3cc(OC(=O)C(C)[NH3+])ccc3c2=O)cc1. The standard InChI is InChI=1S/C19H17NO5/c1-11(20)19(22)25-14-7-8-15-17(9-14)24-10-16(18(15)21)12-3-5-13(23-2)6-4-12/h3-11H,20H2,1-2H3/p+1. The Kier molecular flexibility index (Phi) is 4.54. The van der Waals surface area contributed by atoms with Crippen molar-refractivity contribution in [1.82, 2.24) is 0 Å². The summed E-state index contributed by atoms with van der Waals surface area (Å²) in [5, 5.41) is 0.413. The van der Waals surface area contributed by atoms with E-state index in [1.165, 1.54) is 12.3 Å². The molecule has 2 aromatic carbocycles. The molecule has 1 atom stereocenters. The lowest BCUT2D eigenvalue weighted by atomic mass is 10.1. The van der Waals surface area contributed by atoms with Gasteiger partial charge in [0.05, 0.1) is 18.1 Å². The van der Waals surface area contributed by atoms with Crippen LogP contribution in [0.15, 0.2) is 57.9 Å². The Balaban J connectivity index is 2.00. The zero-order valence-electron chi connectivity index (χ0n) is 13.9. The number of ether oxygens (including phenoxy) is 2. The van der Waals surface area contributed by atoms with Gasteiger partial charge in [0, 0.05) is 6.07 Å². The molecule has 1 unspecified atom stereocenters. The Bertz CT molecular complexity index is 973. The molecule has 0 aliphatic heterocycles. The number of rotatable bonds is 4. The highest BCUT2D eigenvalue weighted by Gasteiger charge is 2.15. The monoisotopic (exact) mass is 340 g/mol. The summed E-state index contributed by atoms with van der Waals surface area (Å²) in [6.45, 7) is 1.64. The predicted octanol–water partition coefficient (Wildman–Crippen LogP) is 2.00. The molecule has 128 valence electrons. The Hall–Kier alpha value is -3.12. The van der Waals surface area contributed by atoms with Crippen LogP contribution in [0.5, 0.6) is 11.5 Å². The van der Waals surface area contributed by atoms with Crippen LogP contribution in [0.1, 0.15) is 6.92 Å². The van der Waals surface area contributed by atoms with Crippen molar-refractivity contribution < 1.29 is 24.4 Å². The number of hydrogen-bond donors (Lipinski definition) is 1. The zero-order chi connectivity index (χ0) is 18.0. The van der Waals surface area contributed by atoms with Crippen LogP contribution in [0.25, 0.3) is 22.1 Å². The van der Waals surface area contributed by atoms with E-state index in [0.29, 0.717) is 28.0 Å². The summed E-state index contributed by atoms with van der Waals surface area (Å²) in [6, 6.07) is 11.3. The number of esters is 1. The Labute approximate surface area is 143 Å². The second kappa shape index (κ2) is 6.78. The van der Waals surface area contributed by atoms with Gasteiger partial charge in [-0.3, -0.25) is 4.79 Å². The van der Waals surface area contributed by atoms with E-state index in [1.807, 2.05) is 0 Å². The molecule has 1 aromatic heterocycles. The summed E-state index contributed by atoms with van der Waals surface area (Å²) in [5.74, 6) is 0.574. The van der Waals surface area contributed by atoms with Crippen molar-refractivity contribution in [1.29, 1.82) is 0 Å². The van der Waals surface area contributed by atoms with Gasteiger partial charge in [0.15, 0.2) is 11.5 Å². The highest BCUT2D eigenvalue weighted by atomic mass is 16.5. The summed E-state index contributed by atoms with van der Waals surface area (Å²) in [4.78, 5) is 24.3. The van der Waals surface area contributed by atoms with Crippen LogP contribution in [0.3, 0.4) is 0 Å². The minimum Gasteiger partial charge on any atom is -0.497 e. The first kappa shape index (κ1) is 16.7. The first-order valence-electron chi connectivity index (χ1n) is 7.74. The quantitative estimate of drug-likeness (QED) is 0.579. The molecular formula is C19H18NO5+. The Morgan fingerprint density at radius 3 is 2.44 bits per heavy atom. The summed E-state index contributed by atoms with van der Waals surface area (Å²) in [7, 11) is 1.58. The molecule has 0 saturated carbocycles. The fourth-order valence-electron chi connectivity index (χ4n) is 2.36. The lowest BCUT2D eigenvalue weighted by Gasteiger charge is -2.07. The lowest BCUT2D eigenvalue weighted by molar-refractivity contribution is -0.401. The molecule has 0 fully saturated rings. The maximum Gasteiger partial charge on any atom is 0.369 e. The third-order valence-corrected chi connectivity index (χ3v) is 3.77. The number of hydrogen-bond acceptors (Lipinski definition) is 5. The molecule has 0 spiro atoms. The molecule has 0 bridgehead atoms. The highest BCUT2D eigenvalue weighted by molar-refractivity contribution is 5.84. The van der Waals surface area contributed by atoms with Crippen molar-refractivity contribution >= 4 is 16.9 Å². The van der Waals surface area contributed by atoms with Crippen molar-refractivity contribution in [2.45, 2.75) is 13.0 Å². The van der Waals surface area contributed by atoms with E-state index in [0.717, 1.165) is 5.56 Å². The van der Waals surface area contributed by atoms with Crippen molar-refractivity contribution in [3.8, 4) is 22.6 Å². The van der Waals surface area contributed by atoms with Crippen molar-refractivity contribution in [2.75, 3.05) is 7.11 Å². The largest absolute Gasteiger partial charge is 0.497 e. The van der Waals surface area contributed by atoms with Crippen LogP contribution >= 0.6 is 0 Å². The maximum absolute atomic E-state index is 12.7. The smallest absolute Gasteiger partial charge is 0.369 e. The van der Waals surface area contributed by atoms with Crippen LogP contribution in [-0.2, 0) is 4.79 Å². The van der Waals surface area contributed by atoms with Gasteiger partial charge in [0.1, 0.15) is 23.3 Å².